The van der Waals surface area contributed by atoms with Gasteiger partial charge in [0.05, 0.1) is 0 Å². The molecule has 3 rings (SSSR count). The van der Waals surface area contributed by atoms with Crippen molar-refractivity contribution in [2.45, 2.75) is 18.8 Å². The van der Waals surface area contributed by atoms with Crippen molar-refractivity contribution in [2.24, 2.45) is 0 Å². The Morgan fingerprint density at radius 3 is 2.62 bits per heavy atom. The number of benzene rings is 1. The van der Waals surface area contributed by atoms with Crippen molar-refractivity contribution in [3.63, 3.8) is 0 Å². The molecule has 1 aromatic carbocycles. The van der Waals surface area contributed by atoms with Gasteiger partial charge in [-0.1, -0.05) is 6.07 Å². The number of pyridine rings is 1. The van der Waals surface area contributed by atoms with Crippen molar-refractivity contribution >= 4 is 6.29 Å². The van der Waals surface area contributed by atoms with E-state index in [4.69, 9.17) is 4.74 Å². The molecule has 0 atom stereocenters. The molecule has 0 spiro atoms. The Kier molecular flexibility index (Phi) is 4.26. The number of aldehydes is 1. The molecule has 1 saturated heterocycles. The van der Waals surface area contributed by atoms with E-state index in [1.54, 1.807) is 30.5 Å². The van der Waals surface area contributed by atoms with Gasteiger partial charge in [0.1, 0.15) is 12.0 Å². The predicted molar refractivity (Wildman–Crippen MR) is 81.0 cm³/mol. The van der Waals surface area contributed by atoms with E-state index in [2.05, 4.69) is 16.4 Å². The first-order chi connectivity index (χ1) is 10.4. The maximum atomic E-state index is 10.7. The van der Waals surface area contributed by atoms with Gasteiger partial charge in [-0.2, -0.15) is 0 Å². The molecule has 0 saturated carbocycles. The van der Waals surface area contributed by atoms with Crippen LogP contribution >= 0.6 is 0 Å². The fourth-order valence-electron chi connectivity index (χ4n) is 2.66. The second kappa shape index (κ2) is 6.50. The number of rotatable bonds is 4. The first-order valence-electron chi connectivity index (χ1n) is 7.25. The van der Waals surface area contributed by atoms with Crippen molar-refractivity contribution in [1.82, 2.24) is 10.3 Å². The number of nitrogens with zero attached hydrogens (tertiary/aromatic N) is 1. The standard InChI is InChI=1S/C17H18N2O2/c20-12-13-3-5-15(6-4-13)21-17-16(2-1-9-19-17)14-7-10-18-11-8-14/h1-6,9,12,14,18H,7-8,10-11H2. The van der Waals surface area contributed by atoms with Crippen LogP contribution in [0, 0.1) is 0 Å². The minimum absolute atomic E-state index is 0.490. The normalized spacial score (nSPS) is 15.6. The molecule has 1 aliphatic heterocycles. The van der Waals surface area contributed by atoms with Crippen LogP contribution in [0.3, 0.4) is 0 Å². The fourth-order valence-corrected chi connectivity index (χ4v) is 2.66. The van der Waals surface area contributed by atoms with Gasteiger partial charge >= 0.3 is 0 Å². The van der Waals surface area contributed by atoms with Crippen molar-refractivity contribution < 1.29 is 9.53 Å². The molecule has 21 heavy (non-hydrogen) atoms. The van der Waals surface area contributed by atoms with Crippen LogP contribution in [0.5, 0.6) is 11.6 Å². The largest absolute Gasteiger partial charge is 0.439 e. The second-order valence-electron chi connectivity index (χ2n) is 5.21. The van der Waals surface area contributed by atoms with E-state index >= 15 is 0 Å². The van der Waals surface area contributed by atoms with Crippen molar-refractivity contribution in [2.75, 3.05) is 13.1 Å². The zero-order valence-electron chi connectivity index (χ0n) is 11.8. The molecule has 0 amide bonds. The Balaban J connectivity index is 1.82. The molecule has 4 heteroatoms. The highest BCUT2D eigenvalue weighted by Gasteiger charge is 2.19. The molecule has 0 bridgehead atoms. The number of hydrogen-bond donors (Lipinski definition) is 1. The average Bonchev–Trinajstić information content (AvgIpc) is 2.57. The van der Waals surface area contributed by atoms with Crippen LogP contribution in [0.15, 0.2) is 42.6 Å². The van der Waals surface area contributed by atoms with Gasteiger partial charge < -0.3 is 10.1 Å². The highest BCUT2D eigenvalue weighted by molar-refractivity contribution is 5.74. The molecule has 2 aromatic rings. The monoisotopic (exact) mass is 282 g/mol. The first kappa shape index (κ1) is 13.8. The van der Waals surface area contributed by atoms with Gasteiger partial charge in [-0.05, 0) is 62.2 Å². The van der Waals surface area contributed by atoms with Crippen molar-refractivity contribution in [3.8, 4) is 11.6 Å². The van der Waals surface area contributed by atoms with Gasteiger partial charge in [0.25, 0.3) is 0 Å². The fraction of sp³-hybridized carbons (Fsp3) is 0.294. The molecule has 0 radical (unpaired) electrons. The zero-order valence-corrected chi connectivity index (χ0v) is 11.8. The summed E-state index contributed by atoms with van der Waals surface area (Å²) in [6.45, 7) is 2.07. The Bertz CT molecular complexity index is 604. The highest BCUT2D eigenvalue weighted by atomic mass is 16.5. The molecule has 108 valence electrons. The summed E-state index contributed by atoms with van der Waals surface area (Å²) in [5.41, 5.74) is 1.81. The van der Waals surface area contributed by atoms with E-state index in [1.807, 2.05) is 6.07 Å². The number of hydrogen-bond acceptors (Lipinski definition) is 4. The average molecular weight is 282 g/mol. The molecule has 2 heterocycles. The minimum Gasteiger partial charge on any atom is -0.439 e. The van der Waals surface area contributed by atoms with Crippen LogP contribution in [0.1, 0.15) is 34.7 Å². The predicted octanol–water partition coefficient (Wildman–Crippen LogP) is 3.15. The van der Waals surface area contributed by atoms with Crippen LogP contribution in [-0.2, 0) is 0 Å². The maximum Gasteiger partial charge on any atom is 0.222 e. The first-order valence-corrected chi connectivity index (χ1v) is 7.25. The number of ether oxygens (including phenoxy) is 1. The third-order valence-electron chi connectivity index (χ3n) is 3.81. The van der Waals surface area contributed by atoms with Crippen LogP contribution < -0.4 is 10.1 Å². The topological polar surface area (TPSA) is 51.2 Å². The number of nitrogens with one attached hydrogen (secondary N) is 1. The SMILES string of the molecule is O=Cc1ccc(Oc2ncccc2C2CCNCC2)cc1. The zero-order chi connectivity index (χ0) is 14.5. The van der Waals surface area contributed by atoms with E-state index in [0.717, 1.165) is 32.2 Å². The smallest absolute Gasteiger partial charge is 0.222 e. The number of carbonyl (C=O) groups is 1. The lowest BCUT2D eigenvalue weighted by atomic mass is 9.91. The van der Waals surface area contributed by atoms with Gasteiger partial charge in [0.2, 0.25) is 5.88 Å². The summed E-state index contributed by atoms with van der Waals surface area (Å²) in [6, 6.07) is 11.1. The van der Waals surface area contributed by atoms with E-state index in [-0.39, 0.29) is 0 Å². The molecule has 4 nitrogen and oxygen atoms in total. The minimum atomic E-state index is 0.490. The van der Waals surface area contributed by atoms with Crippen LogP contribution in [-0.4, -0.2) is 24.4 Å². The summed E-state index contributed by atoms with van der Waals surface area (Å²) >= 11 is 0. The number of carbonyl (C=O) groups excluding carboxylic acids is 1. The van der Waals surface area contributed by atoms with Crippen LogP contribution in [0.2, 0.25) is 0 Å². The molecule has 1 aliphatic rings. The lowest BCUT2D eigenvalue weighted by molar-refractivity contribution is 0.112. The summed E-state index contributed by atoms with van der Waals surface area (Å²) in [4.78, 5) is 15.1. The Labute approximate surface area is 124 Å². The number of aromatic nitrogens is 1. The molecule has 0 unspecified atom stereocenters. The molecule has 1 aromatic heterocycles. The van der Waals surface area contributed by atoms with Crippen molar-refractivity contribution in [3.05, 3.63) is 53.7 Å². The third-order valence-corrected chi connectivity index (χ3v) is 3.81. The Morgan fingerprint density at radius 1 is 1.14 bits per heavy atom. The maximum absolute atomic E-state index is 10.7. The summed E-state index contributed by atoms with van der Waals surface area (Å²) < 4.78 is 5.91. The van der Waals surface area contributed by atoms with Gasteiger partial charge in [0, 0.05) is 17.3 Å². The van der Waals surface area contributed by atoms with E-state index in [1.165, 1.54) is 5.56 Å². The quantitative estimate of drug-likeness (QED) is 0.875. The van der Waals surface area contributed by atoms with E-state index < -0.39 is 0 Å². The molecule has 1 N–H and O–H groups in total. The highest BCUT2D eigenvalue weighted by Crippen LogP contribution is 2.33. The van der Waals surface area contributed by atoms with Gasteiger partial charge in [0.15, 0.2) is 0 Å². The second-order valence-corrected chi connectivity index (χ2v) is 5.21. The van der Waals surface area contributed by atoms with Crippen LogP contribution in [0.4, 0.5) is 0 Å². The Morgan fingerprint density at radius 2 is 1.90 bits per heavy atom. The summed E-state index contributed by atoms with van der Waals surface area (Å²) in [6.07, 6.45) is 4.78. The molecular formula is C17H18N2O2. The summed E-state index contributed by atoms with van der Waals surface area (Å²) in [5, 5.41) is 3.37. The Hall–Kier alpha value is -2.20. The summed E-state index contributed by atoms with van der Waals surface area (Å²) in [5.74, 6) is 1.86. The molecule has 1 fully saturated rings. The lowest BCUT2D eigenvalue weighted by Gasteiger charge is -2.24. The lowest BCUT2D eigenvalue weighted by Crippen LogP contribution is -2.26. The van der Waals surface area contributed by atoms with E-state index in [9.17, 15) is 4.79 Å². The molecular weight excluding hydrogens is 264 g/mol. The van der Waals surface area contributed by atoms with Crippen LogP contribution in [0.25, 0.3) is 0 Å². The van der Waals surface area contributed by atoms with Crippen molar-refractivity contribution in [1.29, 1.82) is 0 Å². The molecule has 0 aliphatic carbocycles. The van der Waals surface area contributed by atoms with Gasteiger partial charge in [-0.25, -0.2) is 4.98 Å². The van der Waals surface area contributed by atoms with Gasteiger partial charge in [-0.15, -0.1) is 0 Å². The number of piperidine rings is 1. The summed E-state index contributed by atoms with van der Waals surface area (Å²) in [7, 11) is 0. The van der Waals surface area contributed by atoms with Gasteiger partial charge in [-0.3, -0.25) is 4.79 Å². The van der Waals surface area contributed by atoms with E-state index in [0.29, 0.717) is 23.1 Å². The third kappa shape index (κ3) is 3.28.